The van der Waals surface area contributed by atoms with E-state index in [4.69, 9.17) is 4.74 Å². The standard InChI is InChI=1S/C12H17NO2S/c1-8-4-5-16-11(8)12(14)13-6-10(3)15-7-9(13)2/h4-5,9-10H,6-7H2,1-3H3/t9-,10+/m1/s1. The SMILES string of the molecule is Cc1ccsc1C(=O)N1C[C@H](C)OC[C@H]1C. The van der Waals surface area contributed by atoms with Crippen LogP contribution in [0.2, 0.25) is 0 Å². The average Bonchev–Trinajstić information content (AvgIpc) is 2.67. The van der Waals surface area contributed by atoms with E-state index in [1.165, 1.54) is 11.3 Å². The smallest absolute Gasteiger partial charge is 0.264 e. The minimum absolute atomic E-state index is 0.139. The van der Waals surface area contributed by atoms with E-state index in [1.807, 2.05) is 37.1 Å². The number of amides is 1. The molecule has 16 heavy (non-hydrogen) atoms. The summed E-state index contributed by atoms with van der Waals surface area (Å²) in [5.74, 6) is 0.148. The Hall–Kier alpha value is -0.870. The van der Waals surface area contributed by atoms with Gasteiger partial charge in [0, 0.05) is 6.54 Å². The van der Waals surface area contributed by atoms with E-state index < -0.39 is 0 Å². The number of thiophene rings is 1. The fourth-order valence-corrected chi connectivity index (χ4v) is 2.79. The maximum atomic E-state index is 12.3. The van der Waals surface area contributed by atoms with Gasteiger partial charge in [-0.1, -0.05) is 0 Å². The third-order valence-corrected chi connectivity index (χ3v) is 3.93. The average molecular weight is 239 g/mol. The number of ether oxygens (including phenoxy) is 1. The van der Waals surface area contributed by atoms with Crippen LogP contribution in [0.1, 0.15) is 29.1 Å². The van der Waals surface area contributed by atoms with Crippen LogP contribution >= 0.6 is 11.3 Å². The molecule has 3 nitrogen and oxygen atoms in total. The van der Waals surface area contributed by atoms with Gasteiger partial charge in [0.05, 0.1) is 23.6 Å². The van der Waals surface area contributed by atoms with E-state index in [0.717, 1.165) is 10.4 Å². The molecule has 0 radical (unpaired) electrons. The molecule has 2 rings (SSSR count). The van der Waals surface area contributed by atoms with Crippen LogP contribution in [0.4, 0.5) is 0 Å². The molecule has 0 unspecified atom stereocenters. The number of rotatable bonds is 1. The Morgan fingerprint density at radius 1 is 1.56 bits per heavy atom. The van der Waals surface area contributed by atoms with Crippen molar-refractivity contribution < 1.29 is 9.53 Å². The fourth-order valence-electron chi connectivity index (χ4n) is 1.91. The maximum absolute atomic E-state index is 12.3. The van der Waals surface area contributed by atoms with E-state index >= 15 is 0 Å². The number of carbonyl (C=O) groups is 1. The van der Waals surface area contributed by atoms with E-state index in [2.05, 4.69) is 0 Å². The quantitative estimate of drug-likeness (QED) is 0.752. The van der Waals surface area contributed by atoms with Crippen molar-refractivity contribution in [1.82, 2.24) is 4.90 Å². The van der Waals surface area contributed by atoms with Crippen LogP contribution in [0.3, 0.4) is 0 Å². The number of carbonyl (C=O) groups excluding carboxylic acids is 1. The second-order valence-corrected chi connectivity index (χ2v) is 5.30. The first kappa shape index (κ1) is 11.6. The molecule has 1 amide bonds. The lowest BCUT2D eigenvalue weighted by Crippen LogP contribution is -2.50. The summed E-state index contributed by atoms with van der Waals surface area (Å²) in [6.07, 6.45) is 0.139. The molecule has 0 N–H and O–H groups in total. The Kier molecular flexibility index (Phi) is 3.30. The Morgan fingerprint density at radius 2 is 2.31 bits per heavy atom. The summed E-state index contributed by atoms with van der Waals surface area (Å²) in [5.41, 5.74) is 1.07. The summed E-state index contributed by atoms with van der Waals surface area (Å²) in [6, 6.07) is 2.16. The Morgan fingerprint density at radius 3 is 2.94 bits per heavy atom. The zero-order chi connectivity index (χ0) is 11.7. The van der Waals surface area contributed by atoms with Gasteiger partial charge in [0.25, 0.3) is 5.91 Å². The van der Waals surface area contributed by atoms with E-state index in [9.17, 15) is 4.79 Å². The molecule has 0 saturated carbocycles. The van der Waals surface area contributed by atoms with Crippen LogP contribution in [0, 0.1) is 6.92 Å². The van der Waals surface area contributed by atoms with Crippen LogP contribution in [0.25, 0.3) is 0 Å². The molecule has 0 spiro atoms. The number of hydrogen-bond donors (Lipinski definition) is 0. The van der Waals surface area contributed by atoms with Gasteiger partial charge in [-0.05, 0) is 37.8 Å². The van der Waals surface area contributed by atoms with Crippen molar-refractivity contribution in [2.45, 2.75) is 32.9 Å². The van der Waals surface area contributed by atoms with Crippen molar-refractivity contribution in [3.63, 3.8) is 0 Å². The second kappa shape index (κ2) is 4.55. The summed E-state index contributed by atoms with van der Waals surface area (Å²) in [5, 5.41) is 1.97. The number of nitrogens with zero attached hydrogens (tertiary/aromatic N) is 1. The van der Waals surface area contributed by atoms with Crippen LogP contribution in [0.15, 0.2) is 11.4 Å². The first-order valence-electron chi connectivity index (χ1n) is 5.56. The van der Waals surface area contributed by atoms with Crippen LogP contribution in [0.5, 0.6) is 0 Å². The van der Waals surface area contributed by atoms with Gasteiger partial charge in [-0.25, -0.2) is 0 Å². The number of aryl methyl sites for hydroxylation is 1. The predicted octanol–water partition coefficient (Wildman–Crippen LogP) is 2.31. The summed E-state index contributed by atoms with van der Waals surface area (Å²) >= 11 is 1.52. The Bertz CT molecular complexity index is 388. The molecule has 1 aromatic heterocycles. The molecule has 88 valence electrons. The molecule has 0 aliphatic carbocycles. The molecule has 2 atom stereocenters. The minimum atomic E-state index is 0.139. The maximum Gasteiger partial charge on any atom is 0.264 e. The van der Waals surface area contributed by atoms with Crippen molar-refractivity contribution >= 4 is 17.2 Å². The molecule has 1 fully saturated rings. The lowest BCUT2D eigenvalue weighted by Gasteiger charge is -2.36. The van der Waals surface area contributed by atoms with Crippen molar-refractivity contribution in [2.24, 2.45) is 0 Å². The molecule has 4 heteroatoms. The van der Waals surface area contributed by atoms with Crippen LogP contribution in [-0.2, 0) is 4.74 Å². The molecule has 1 aliphatic rings. The Balaban J connectivity index is 2.18. The van der Waals surface area contributed by atoms with Gasteiger partial charge in [-0.15, -0.1) is 11.3 Å². The van der Waals surface area contributed by atoms with Crippen molar-refractivity contribution in [3.8, 4) is 0 Å². The zero-order valence-corrected chi connectivity index (χ0v) is 10.7. The first-order chi connectivity index (χ1) is 7.59. The number of morpholine rings is 1. The highest BCUT2D eigenvalue weighted by molar-refractivity contribution is 7.12. The zero-order valence-electron chi connectivity index (χ0n) is 9.90. The van der Waals surface area contributed by atoms with E-state index in [0.29, 0.717) is 13.2 Å². The van der Waals surface area contributed by atoms with Gasteiger partial charge in [-0.2, -0.15) is 0 Å². The molecule has 1 saturated heterocycles. The molecule has 1 aliphatic heterocycles. The first-order valence-corrected chi connectivity index (χ1v) is 6.44. The molecular formula is C12H17NO2S. The fraction of sp³-hybridized carbons (Fsp3) is 0.583. The highest BCUT2D eigenvalue weighted by Crippen LogP contribution is 2.21. The lowest BCUT2D eigenvalue weighted by molar-refractivity contribution is -0.0385. The van der Waals surface area contributed by atoms with Gasteiger partial charge in [0.1, 0.15) is 0 Å². The van der Waals surface area contributed by atoms with Crippen molar-refractivity contribution in [2.75, 3.05) is 13.2 Å². The molecule has 1 aromatic rings. The van der Waals surface area contributed by atoms with Gasteiger partial charge in [-0.3, -0.25) is 4.79 Å². The van der Waals surface area contributed by atoms with Gasteiger partial charge in [0.2, 0.25) is 0 Å². The minimum Gasteiger partial charge on any atom is -0.375 e. The van der Waals surface area contributed by atoms with E-state index in [-0.39, 0.29) is 18.1 Å². The van der Waals surface area contributed by atoms with E-state index in [1.54, 1.807) is 0 Å². The third kappa shape index (κ3) is 2.13. The topological polar surface area (TPSA) is 29.5 Å². The second-order valence-electron chi connectivity index (χ2n) is 4.38. The van der Waals surface area contributed by atoms with Gasteiger partial charge < -0.3 is 9.64 Å². The molecule has 0 aromatic carbocycles. The van der Waals surface area contributed by atoms with Crippen molar-refractivity contribution in [3.05, 3.63) is 21.9 Å². The monoisotopic (exact) mass is 239 g/mol. The molecule has 0 bridgehead atoms. The van der Waals surface area contributed by atoms with Gasteiger partial charge in [0.15, 0.2) is 0 Å². The molecular weight excluding hydrogens is 222 g/mol. The summed E-state index contributed by atoms with van der Waals surface area (Å²) < 4.78 is 5.53. The third-order valence-electron chi connectivity index (χ3n) is 2.93. The summed E-state index contributed by atoms with van der Waals surface area (Å²) in [6.45, 7) is 7.35. The molecule has 2 heterocycles. The number of hydrogen-bond acceptors (Lipinski definition) is 3. The largest absolute Gasteiger partial charge is 0.375 e. The highest BCUT2D eigenvalue weighted by Gasteiger charge is 2.29. The van der Waals surface area contributed by atoms with Crippen LogP contribution < -0.4 is 0 Å². The summed E-state index contributed by atoms with van der Waals surface area (Å²) in [4.78, 5) is 15.1. The van der Waals surface area contributed by atoms with Crippen LogP contribution in [-0.4, -0.2) is 36.1 Å². The summed E-state index contributed by atoms with van der Waals surface area (Å²) in [7, 11) is 0. The normalized spacial score (nSPS) is 25.8. The predicted molar refractivity (Wildman–Crippen MR) is 65.0 cm³/mol. The highest BCUT2D eigenvalue weighted by atomic mass is 32.1. The van der Waals surface area contributed by atoms with Crippen molar-refractivity contribution in [1.29, 1.82) is 0 Å². The van der Waals surface area contributed by atoms with Gasteiger partial charge >= 0.3 is 0 Å². The Labute approximate surface area is 100 Å². The lowest BCUT2D eigenvalue weighted by atomic mass is 10.2.